The number of benzene rings is 2. The lowest BCUT2D eigenvalue weighted by Crippen LogP contribution is -2.12. The van der Waals surface area contributed by atoms with Gasteiger partial charge in [0.15, 0.2) is 0 Å². The first-order chi connectivity index (χ1) is 11.7. The third kappa shape index (κ3) is 3.49. The van der Waals surface area contributed by atoms with Gasteiger partial charge in [-0.25, -0.2) is 13.9 Å². The summed E-state index contributed by atoms with van der Waals surface area (Å²) in [5.74, 6) is -0.917. The largest absolute Gasteiger partial charge is 0.404 e. The number of halogens is 1. The van der Waals surface area contributed by atoms with E-state index in [1.54, 1.807) is 13.2 Å². The highest BCUT2D eigenvalue weighted by Gasteiger charge is 2.16. The Morgan fingerprint density at radius 1 is 1.12 bits per heavy atom. The molecule has 0 saturated carbocycles. The Hall–Kier alpha value is -2.99. The van der Waals surface area contributed by atoms with Gasteiger partial charge in [-0.05, 0) is 30.3 Å². The maximum absolute atomic E-state index is 13.3. The number of hydrogen-bond acceptors (Lipinski definition) is 4. The number of esters is 1. The fourth-order valence-corrected chi connectivity index (χ4v) is 2.22. The van der Waals surface area contributed by atoms with Crippen molar-refractivity contribution in [1.29, 1.82) is 0 Å². The van der Waals surface area contributed by atoms with Gasteiger partial charge < -0.3 is 9.47 Å². The second kappa shape index (κ2) is 7.06. The van der Waals surface area contributed by atoms with Crippen LogP contribution in [0.2, 0.25) is 0 Å². The molecule has 0 bridgehead atoms. The lowest BCUT2D eigenvalue weighted by molar-refractivity contribution is 0.0722. The van der Waals surface area contributed by atoms with Crippen molar-refractivity contribution < 1.29 is 18.7 Å². The second-order valence-electron chi connectivity index (χ2n) is 5.05. The molecule has 122 valence electrons. The second-order valence-corrected chi connectivity index (χ2v) is 5.05. The standard InChI is InChI=1S/C18H15FN2O3/c1-23-12-15-11-17(21(20-15)16-8-3-2-4-9-16)24-18(22)13-6-5-7-14(19)10-13/h2-11H,12H2,1H3. The molecular formula is C18H15FN2O3. The zero-order valence-corrected chi connectivity index (χ0v) is 13.0. The first-order valence-corrected chi connectivity index (χ1v) is 7.28. The Morgan fingerprint density at radius 3 is 2.62 bits per heavy atom. The van der Waals surface area contributed by atoms with Gasteiger partial charge in [0.25, 0.3) is 0 Å². The zero-order valence-electron chi connectivity index (χ0n) is 13.0. The van der Waals surface area contributed by atoms with Gasteiger partial charge in [-0.15, -0.1) is 0 Å². The highest BCUT2D eigenvalue weighted by molar-refractivity contribution is 5.90. The number of ether oxygens (including phenoxy) is 2. The zero-order chi connectivity index (χ0) is 16.9. The van der Waals surface area contributed by atoms with E-state index in [0.29, 0.717) is 5.69 Å². The number of rotatable bonds is 5. The average molecular weight is 326 g/mol. The lowest BCUT2D eigenvalue weighted by Gasteiger charge is -2.07. The van der Waals surface area contributed by atoms with Crippen LogP contribution in [0.15, 0.2) is 60.7 Å². The molecule has 0 atom stereocenters. The third-order valence-electron chi connectivity index (χ3n) is 3.28. The maximum Gasteiger partial charge on any atom is 0.344 e. The Kier molecular flexibility index (Phi) is 4.67. The number of hydrogen-bond donors (Lipinski definition) is 0. The first kappa shape index (κ1) is 15.9. The molecule has 0 aliphatic carbocycles. The molecule has 24 heavy (non-hydrogen) atoms. The maximum atomic E-state index is 13.3. The van der Waals surface area contributed by atoms with Crippen LogP contribution < -0.4 is 4.74 Å². The summed E-state index contributed by atoms with van der Waals surface area (Å²) in [6.45, 7) is 0.282. The molecule has 1 heterocycles. The summed E-state index contributed by atoms with van der Waals surface area (Å²) >= 11 is 0. The monoisotopic (exact) mass is 326 g/mol. The molecule has 1 aromatic heterocycles. The summed E-state index contributed by atoms with van der Waals surface area (Å²) in [5, 5.41) is 4.37. The van der Waals surface area contributed by atoms with Gasteiger partial charge in [0.2, 0.25) is 5.88 Å². The lowest BCUT2D eigenvalue weighted by atomic mass is 10.2. The third-order valence-corrected chi connectivity index (χ3v) is 3.28. The van der Waals surface area contributed by atoms with Crippen molar-refractivity contribution in [3.8, 4) is 11.6 Å². The minimum atomic E-state index is -0.657. The van der Waals surface area contributed by atoms with Crippen LogP contribution in [0, 0.1) is 5.82 Å². The van der Waals surface area contributed by atoms with E-state index in [-0.39, 0.29) is 18.1 Å². The van der Waals surface area contributed by atoms with Crippen molar-refractivity contribution in [3.05, 3.63) is 77.7 Å². The Balaban J connectivity index is 1.93. The van der Waals surface area contributed by atoms with Crippen LogP contribution in [0.25, 0.3) is 5.69 Å². The molecule has 0 radical (unpaired) electrons. The van der Waals surface area contributed by atoms with Crippen molar-refractivity contribution >= 4 is 5.97 Å². The van der Waals surface area contributed by atoms with E-state index >= 15 is 0 Å². The van der Waals surface area contributed by atoms with Crippen molar-refractivity contribution in [1.82, 2.24) is 9.78 Å². The Labute approximate surface area is 138 Å². The van der Waals surface area contributed by atoms with E-state index < -0.39 is 11.8 Å². The molecule has 5 nitrogen and oxygen atoms in total. The van der Waals surface area contributed by atoms with Crippen LogP contribution >= 0.6 is 0 Å². The number of carbonyl (C=O) groups excluding carboxylic acids is 1. The molecule has 0 saturated heterocycles. The highest BCUT2D eigenvalue weighted by Crippen LogP contribution is 2.21. The summed E-state index contributed by atoms with van der Waals surface area (Å²) in [4.78, 5) is 12.3. The molecule has 0 N–H and O–H groups in total. The van der Waals surface area contributed by atoms with Crippen molar-refractivity contribution in [2.75, 3.05) is 7.11 Å². The Morgan fingerprint density at radius 2 is 1.92 bits per heavy atom. The SMILES string of the molecule is COCc1cc(OC(=O)c2cccc(F)c2)n(-c2ccccc2)n1. The predicted molar refractivity (Wildman–Crippen MR) is 85.6 cm³/mol. The van der Waals surface area contributed by atoms with Gasteiger partial charge in [-0.1, -0.05) is 24.3 Å². The van der Waals surface area contributed by atoms with Crippen LogP contribution in [-0.2, 0) is 11.3 Å². The summed E-state index contributed by atoms with van der Waals surface area (Å²) in [6.07, 6.45) is 0. The van der Waals surface area contributed by atoms with E-state index in [1.807, 2.05) is 30.3 Å². The van der Waals surface area contributed by atoms with E-state index in [1.165, 1.54) is 22.9 Å². The normalized spacial score (nSPS) is 10.6. The van der Waals surface area contributed by atoms with E-state index in [4.69, 9.17) is 9.47 Å². The molecule has 3 rings (SSSR count). The molecule has 0 amide bonds. The van der Waals surface area contributed by atoms with Gasteiger partial charge in [0.1, 0.15) is 5.82 Å². The van der Waals surface area contributed by atoms with Gasteiger partial charge in [0.05, 0.1) is 23.6 Å². The minimum absolute atomic E-state index is 0.129. The quantitative estimate of drug-likeness (QED) is 0.675. The number of methoxy groups -OCH3 is 1. The summed E-state index contributed by atoms with van der Waals surface area (Å²) in [6, 6.07) is 16.2. The number of para-hydroxylation sites is 1. The highest BCUT2D eigenvalue weighted by atomic mass is 19.1. The van der Waals surface area contributed by atoms with Crippen molar-refractivity contribution in [2.45, 2.75) is 6.61 Å². The van der Waals surface area contributed by atoms with Gasteiger partial charge in [-0.3, -0.25) is 0 Å². The minimum Gasteiger partial charge on any atom is -0.404 e. The molecule has 0 aliphatic heterocycles. The molecule has 3 aromatic rings. The average Bonchev–Trinajstić information content (AvgIpc) is 2.98. The predicted octanol–water partition coefficient (Wildman–Crippen LogP) is 3.38. The van der Waals surface area contributed by atoms with Crippen molar-refractivity contribution in [3.63, 3.8) is 0 Å². The van der Waals surface area contributed by atoms with E-state index in [0.717, 1.165) is 11.8 Å². The van der Waals surface area contributed by atoms with Gasteiger partial charge in [-0.2, -0.15) is 5.10 Å². The first-order valence-electron chi connectivity index (χ1n) is 7.28. The number of nitrogens with zero attached hydrogens (tertiary/aromatic N) is 2. The van der Waals surface area contributed by atoms with Crippen LogP contribution in [0.5, 0.6) is 5.88 Å². The smallest absolute Gasteiger partial charge is 0.344 e. The van der Waals surface area contributed by atoms with Gasteiger partial charge >= 0.3 is 5.97 Å². The Bertz CT molecular complexity index is 846. The van der Waals surface area contributed by atoms with E-state index in [9.17, 15) is 9.18 Å². The molecule has 6 heteroatoms. The summed E-state index contributed by atoms with van der Waals surface area (Å²) in [7, 11) is 1.56. The van der Waals surface area contributed by atoms with Crippen LogP contribution in [0.4, 0.5) is 4.39 Å². The number of carbonyl (C=O) groups is 1. The molecular weight excluding hydrogens is 311 g/mol. The fourth-order valence-electron chi connectivity index (χ4n) is 2.22. The number of aromatic nitrogens is 2. The molecule has 0 fully saturated rings. The molecule has 2 aromatic carbocycles. The van der Waals surface area contributed by atoms with Crippen molar-refractivity contribution in [2.24, 2.45) is 0 Å². The fraction of sp³-hybridized carbons (Fsp3) is 0.111. The van der Waals surface area contributed by atoms with Crippen LogP contribution in [0.3, 0.4) is 0 Å². The topological polar surface area (TPSA) is 53.4 Å². The molecule has 0 spiro atoms. The van der Waals surface area contributed by atoms with Gasteiger partial charge in [0, 0.05) is 13.2 Å². The molecule has 0 aliphatic rings. The summed E-state index contributed by atoms with van der Waals surface area (Å²) < 4.78 is 25.3. The van der Waals surface area contributed by atoms with E-state index in [2.05, 4.69) is 5.10 Å². The van der Waals surface area contributed by atoms with Crippen LogP contribution in [0.1, 0.15) is 16.1 Å². The van der Waals surface area contributed by atoms with Crippen LogP contribution in [-0.4, -0.2) is 22.9 Å². The summed E-state index contributed by atoms with van der Waals surface area (Å²) in [5.41, 5.74) is 1.48. The molecule has 0 unspecified atom stereocenters.